The first-order chi connectivity index (χ1) is 9.74. The summed E-state index contributed by atoms with van der Waals surface area (Å²) in [5, 5.41) is 14.1. The first-order valence-corrected chi connectivity index (χ1v) is 8.31. The Bertz CT molecular complexity index is 518. The molecule has 5 unspecified atom stereocenters. The molecule has 3 aliphatic rings. The molecule has 0 heterocycles. The molecule has 4 rings (SSSR count). The number of phenols is 1. The van der Waals surface area contributed by atoms with Gasteiger partial charge in [0.05, 0.1) is 5.02 Å². The molecule has 3 fully saturated rings. The SMILES string of the molecule is Oc1c(Cl)cccc1CNC1CC2CC1C1CCCC21. The van der Waals surface area contributed by atoms with Gasteiger partial charge in [0.25, 0.3) is 0 Å². The highest BCUT2D eigenvalue weighted by Gasteiger charge is 2.53. The molecule has 2 nitrogen and oxygen atoms in total. The monoisotopic (exact) mass is 291 g/mol. The van der Waals surface area contributed by atoms with E-state index in [1.807, 2.05) is 12.1 Å². The molecule has 20 heavy (non-hydrogen) atoms. The topological polar surface area (TPSA) is 32.3 Å². The van der Waals surface area contributed by atoms with E-state index in [4.69, 9.17) is 11.6 Å². The van der Waals surface area contributed by atoms with Gasteiger partial charge in [0.15, 0.2) is 0 Å². The molecule has 3 heteroatoms. The van der Waals surface area contributed by atoms with Crippen LogP contribution in [0, 0.1) is 23.7 Å². The number of hydrogen-bond acceptors (Lipinski definition) is 2. The van der Waals surface area contributed by atoms with E-state index in [0.717, 1.165) is 35.8 Å². The summed E-state index contributed by atoms with van der Waals surface area (Å²) in [4.78, 5) is 0. The molecule has 0 spiro atoms. The van der Waals surface area contributed by atoms with E-state index < -0.39 is 0 Å². The van der Waals surface area contributed by atoms with Crippen molar-refractivity contribution in [3.8, 4) is 5.75 Å². The lowest BCUT2D eigenvalue weighted by atomic mass is 9.79. The molecule has 5 atom stereocenters. The molecule has 0 radical (unpaired) electrons. The number of nitrogens with one attached hydrogen (secondary N) is 1. The van der Waals surface area contributed by atoms with Crippen molar-refractivity contribution < 1.29 is 5.11 Å². The van der Waals surface area contributed by atoms with Crippen LogP contribution in [0.3, 0.4) is 0 Å². The fourth-order valence-electron chi connectivity index (χ4n) is 5.25. The van der Waals surface area contributed by atoms with Crippen molar-refractivity contribution in [3.05, 3.63) is 28.8 Å². The Morgan fingerprint density at radius 3 is 2.90 bits per heavy atom. The predicted octanol–water partition coefficient (Wildman–Crippen LogP) is 3.96. The Morgan fingerprint density at radius 2 is 2.00 bits per heavy atom. The van der Waals surface area contributed by atoms with Gasteiger partial charge in [-0.05, 0) is 55.4 Å². The summed E-state index contributed by atoms with van der Waals surface area (Å²) in [6.07, 6.45) is 7.16. The minimum Gasteiger partial charge on any atom is -0.506 e. The molecular weight excluding hydrogens is 270 g/mol. The Morgan fingerprint density at radius 1 is 1.15 bits per heavy atom. The Kier molecular flexibility index (Phi) is 3.19. The Hall–Kier alpha value is -0.730. The number of rotatable bonds is 3. The van der Waals surface area contributed by atoms with Crippen LogP contribution in [0.5, 0.6) is 5.75 Å². The summed E-state index contributed by atoms with van der Waals surface area (Å²) in [6.45, 7) is 0.734. The molecule has 0 amide bonds. The molecule has 108 valence electrons. The Balaban J connectivity index is 1.43. The number of aromatic hydroxyl groups is 1. The summed E-state index contributed by atoms with van der Waals surface area (Å²) in [5.74, 6) is 4.12. The minimum atomic E-state index is 0.239. The average molecular weight is 292 g/mol. The van der Waals surface area contributed by atoms with Gasteiger partial charge in [-0.25, -0.2) is 0 Å². The van der Waals surface area contributed by atoms with E-state index in [0.29, 0.717) is 11.1 Å². The predicted molar refractivity (Wildman–Crippen MR) is 80.8 cm³/mol. The van der Waals surface area contributed by atoms with Gasteiger partial charge in [-0.3, -0.25) is 0 Å². The Labute approximate surface area is 125 Å². The van der Waals surface area contributed by atoms with Crippen LogP contribution < -0.4 is 5.32 Å². The summed E-state index contributed by atoms with van der Waals surface area (Å²) < 4.78 is 0. The number of fused-ring (bicyclic) bond motifs is 5. The maximum Gasteiger partial charge on any atom is 0.138 e. The smallest absolute Gasteiger partial charge is 0.138 e. The van der Waals surface area contributed by atoms with Crippen molar-refractivity contribution in [1.82, 2.24) is 5.32 Å². The second-order valence-corrected chi connectivity index (χ2v) is 7.30. The van der Waals surface area contributed by atoms with Gasteiger partial charge in [-0.2, -0.15) is 0 Å². The van der Waals surface area contributed by atoms with E-state index in [1.165, 1.54) is 32.1 Å². The van der Waals surface area contributed by atoms with Crippen molar-refractivity contribution in [2.75, 3.05) is 0 Å². The van der Waals surface area contributed by atoms with Crippen molar-refractivity contribution in [1.29, 1.82) is 0 Å². The van der Waals surface area contributed by atoms with Gasteiger partial charge in [0.2, 0.25) is 0 Å². The number of phenolic OH excluding ortho intramolecular Hbond substituents is 1. The first-order valence-electron chi connectivity index (χ1n) is 7.94. The lowest BCUT2D eigenvalue weighted by molar-refractivity contribution is 0.207. The van der Waals surface area contributed by atoms with Gasteiger partial charge in [-0.1, -0.05) is 30.2 Å². The second kappa shape index (κ2) is 4.92. The molecule has 2 N–H and O–H groups in total. The minimum absolute atomic E-state index is 0.239. The zero-order chi connectivity index (χ0) is 13.7. The van der Waals surface area contributed by atoms with Gasteiger partial charge in [-0.15, -0.1) is 0 Å². The molecule has 0 aromatic heterocycles. The highest BCUT2D eigenvalue weighted by molar-refractivity contribution is 6.32. The van der Waals surface area contributed by atoms with Gasteiger partial charge in [0, 0.05) is 18.2 Å². The summed E-state index contributed by atoms with van der Waals surface area (Å²) >= 11 is 5.97. The fourth-order valence-corrected chi connectivity index (χ4v) is 5.44. The van der Waals surface area contributed by atoms with Crippen molar-refractivity contribution in [2.45, 2.75) is 44.7 Å². The molecule has 0 aliphatic heterocycles. The lowest BCUT2D eigenvalue weighted by Gasteiger charge is -2.32. The summed E-state index contributed by atoms with van der Waals surface area (Å²) in [6, 6.07) is 6.26. The van der Waals surface area contributed by atoms with Crippen LogP contribution in [0.25, 0.3) is 0 Å². The summed E-state index contributed by atoms with van der Waals surface area (Å²) in [5.41, 5.74) is 0.920. The van der Waals surface area contributed by atoms with E-state index in [-0.39, 0.29) is 5.75 Å². The van der Waals surface area contributed by atoms with Crippen LogP contribution >= 0.6 is 11.6 Å². The van der Waals surface area contributed by atoms with Crippen molar-refractivity contribution in [2.24, 2.45) is 23.7 Å². The van der Waals surface area contributed by atoms with E-state index in [2.05, 4.69) is 5.32 Å². The number of para-hydroxylation sites is 1. The van der Waals surface area contributed by atoms with Crippen molar-refractivity contribution >= 4 is 11.6 Å². The van der Waals surface area contributed by atoms with Gasteiger partial charge < -0.3 is 10.4 Å². The van der Waals surface area contributed by atoms with Crippen LogP contribution in [0.4, 0.5) is 0 Å². The molecule has 2 bridgehead atoms. The number of halogens is 1. The normalized spacial score (nSPS) is 38.4. The lowest BCUT2D eigenvalue weighted by Crippen LogP contribution is -2.38. The molecule has 3 aliphatic carbocycles. The third-order valence-electron chi connectivity index (χ3n) is 6.05. The van der Waals surface area contributed by atoms with Crippen LogP contribution in [-0.2, 0) is 6.54 Å². The zero-order valence-corrected chi connectivity index (χ0v) is 12.4. The molecule has 1 aromatic rings. The van der Waals surface area contributed by atoms with Crippen molar-refractivity contribution in [3.63, 3.8) is 0 Å². The molecular formula is C17H22ClNO. The third kappa shape index (κ3) is 1.96. The molecule has 1 aromatic carbocycles. The quantitative estimate of drug-likeness (QED) is 0.883. The van der Waals surface area contributed by atoms with E-state index >= 15 is 0 Å². The average Bonchev–Trinajstić information content (AvgIpc) is 3.11. The molecule has 3 saturated carbocycles. The standard InChI is InChI=1S/C17H22ClNO/c18-15-6-1-3-10(17(15)20)9-19-16-8-11-7-14(16)13-5-2-4-12(11)13/h1,3,6,11-14,16,19-20H,2,4-5,7-9H2. The molecule has 0 saturated heterocycles. The highest BCUT2D eigenvalue weighted by Crippen LogP contribution is 2.58. The third-order valence-corrected chi connectivity index (χ3v) is 6.36. The van der Waals surface area contributed by atoms with Crippen LogP contribution in [0.15, 0.2) is 18.2 Å². The fraction of sp³-hybridized carbons (Fsp3) is 0.647. The van der Waals surface area contributed by atoms with Gasteiger partial charge >= 0.3 is 0 Å². The number of benzene rings is 1. The summed E-state index contributed by atoms with van der Waals surface area (Å²) in [7, 11) is 0. The van der Waals surface area contributed by atoms with E-state index in [1.54, 1.807) is 6.07 Å². The van der Waals surface area contributed by atoms with E-state index in [9.17, 15) is 5.11 Å². The van der Waals surface area contributed by atoms with Crippen LogP contribution in [0.2, 0.25) is 5.02 Å². The van der Waals surface area contributed by atoms with Crippen LogP contribution in [0.1, 0.15) is 37.7 Å². The maximum atomic E-state index is 9.98. The second-order valence-electron chi connectivity index (χ2n) is 6.89. The van der Waals surface area contributed by atoms with Crippen LogP contribution in [-0.4, -0.2) is 11.1 Å². The van der Waals surface area contributed by atoms with Gasteiger partial charge in [0.1, 0.15) is 5.75 Å². The number of hydrogen-bond donors (Lipinski definition) is 2. The zero-order valence-electron chi connectivity index (χ0n) is 11.7. The first kappa shape index (κ1) is 13.0. The largest absolute Gasteiger partial charge is 0.506 e. The maximum absolute atomic E-state index is 9.98. The highest BCUT2D eigenvalue weighted by atomic mass is 35.5.